The second kappa shape index (κ2) is 12.3. The summed E-state index contributed by atoms with van der Waals surface area (Å²) >= 11 is 2.97. The minimum atomic E-state index is -4.64. The number of hydrogen-bond acceptors (Lipinski definition) is 5. The molecule has 1 aliphatic heterocycles. The Kier molecular flexibility index (Phi) is 8.10. The van der Waals surface area contributed by atoms with Gasteiger partial charge in [0.1, 0.15) is 5.65 Å². The number of rotatable bonds is 7. The summed E-state index contributed by atoms with van der Waals surface area (Å²) in [6, 6.07) is 18.6. The number of nitrogens with one attached hydrogen (secondary N) is 2. The van der Waals surface area contributed by atoms with Crippen LogP contribution in [-0.2, 0) is 25.6 Å². The molecule has 0 bridgehead atoms. The van der Waals surface area contributed by atoms with Crippen LogP contribution in [0.15, 0.2) is 82.2 Å². The van der Waals surface area contributed by atoms with E-state index in [1.165, 1.54) is 12.1 Å². The lowest BCUT2D eigenvalue weighted by atomic mass is 9.94. The summed E-state index contributed by atoms with van der Waals surface area (Å²) in [7, 11) is 1.79. The second-order valence-electron chi connectivity index (χ2n) is 12.0. The Bertz CT molecular complexity index is 2240. The first-order chi connectivity index (χ1) is 23.1. The van der Waals surface area contributed by atoms with Crippen molar-refractivity contribution in [2.75, 3.05) is 12.4 Å². The maximum absolute atomic E-state index is 14.7. The van der Waals surface area contributed by atoms with E-state index in [0.717, 1.165) is 28.1 Å². The van der Waals surface area contributed by atoms with Crippen LogP contribution in [0.25, 0.3) is 22.2 Å². The van der Waals surface area contributed by atoms with Gasteiger partial charge in [-0.05, 0) is 48.4 Å². The van der Waals surface area contributed by atoms with Gasteiger partial charge in [0.05, 0.1) is 35.2 Å². The molecule has 48 heavy (non-hydrogen) atoms. The molecule has 0 saturated heterocycles. The predicted octanol–water partition coefficient (Wildman–Crippen LogP) is 7.14. The van der Waals surface area contributed by atoms with E-state index >= 15 is 0 Å². The molecule has 4 heterocycles. The summed E-state index contributed by atoms with van der Waals surface area (Å²) in [5, 5.41) is 16.1. The van der Waals surface area contributed by atoms with Gasteiger partial charge < -0.3 is 10.2 Å². The number of amides is 1. The topological polar surface area (TPSA) is 100 Å². The molecular weight excluding hydrogens is 687 g/mol. The molecule has 1 amide bonds. The number of alkyl halides is 3. The maximum Gasteiger partial charge on any atom is 0.417 e. The van der Waals surface area contributed by atoms with E-state index in [0.29, 0.717) is 47.7 Å². The number of anilines is 1. The van der Waals surface area contributed by atoms with Crippen molar-refractivity contribution < 1.29 is 18.0 Å². The van der Waals surface area contributed by atoms with E-state index in [9.17, 15) is 22.8 Å². The van der Waals surface area contributed by atoms with Crippen LogP contribution in [0.5, 0.6) is 0 Å². The summed E-state index contributed by atoms with van der Waals surface area (Å²) < 4.78 is 44.6. The van der Waals surface area contributed by atoms with Gasteiger partial charge in [0.15, 0.2) is 5.82 Å². The first-order valence-corrected chi connectivity index (χ1v) is 16.4. The lowest BCUT2D eigenvalue weighted by Gasteiger charge is -2.37. The molecule has 7 rings (SSSR count). The Labute approximate surface area is 281 Å². The summed E-state index contributed by atoms with van der Waals surface area (Å²) in [5.74, 6) is 0.157. The molecule has 1 aliphatic rings. The maximum atomic E-state index is 14.7. The Hall–Kier alpha value is -4.91. The summed E-state index contributed by atoms with van der Waals surface area (Å²) in [6.07, 6.45) is -0.892. The number of benzene rings is 3. The first kappa shape index (κ1) is 31.7. The molecule has 0 fully saturated rings. The van der Waals surface area contributed by atoms with Crippen LogP contribution in [0.1, 0.15) is 58.1 Å². The highest BCUT2D eigenvalue weighted by Gasteiger charge is 2.37. The highest BCUT2D eigenvalue weighted by Crippen LogP contribution is 2.36. The summed E-state index contributed by atoms with van der Waals surface area (Å²) in [4.78, 5) is 30.3. The number of fused-ring (bicyclic) bond motifs is 4. The third-order valence-corrected chi connectivity index (χ3v) is 9.67. The van der Waals surface area contributed by atoms with Crippen molar-refractivity contribution >= 4 is 44.2 Å². The second-order valence-corrected chi connectivity index (χ2v) is 12.8. The lowest BCUT2D eigenvalue weighted by molar-refractivity contribution is -0.138. The molecule has 246 valence electrons. The third-order valence-electron chi connectivity index (χ3n) is 8.97. The van der Waals surface area contributed by atoms with Crippen molar-refractivity contribution in [2.45, 2.75) is 51.4 Å². The molecule has 13 heteroatoms. The van der Waals surface area contributed by atoms with Crippen LogP contribution in [-0.4, -0.2) is 48.3 Å². The lowest BCUT2D eigenvalue weighted by Crippen LogP contribution is -2.47. The largest absolute Gasteiger partial charge is 0.417 e. The zero-order chi connectivity index (χ0) is 33.7. The molecule has 0 aliphatic carbocycles. The Morgan fingerprint density at radius 3 is 2.62 bits per heavy atom. The minimum Gasteiger partial charge on any atom is -0.371 e. The van der Waals surface area contributed by atoms with Crippen molar-refractivity contribution in [3.8, 4) is 5.69 Å². The molecule has 0 spiro atoms. The molecule has 3 aromatic carbocycles. The van der Waals surface area contributed by atoms with Crippen LogP contribution in [0.3, 0.4) is 0 Å². The van der Waals surface area contributed by atoms with Gasteiger partial charge in [-0.25, -0.2) is 4.52 Å². The Balaban J connectivity index is 1.41. The Morgan fingerprint density at radius 1 is 1.10 bits per heavy atom. The fourth-order valence-electron chi connectivity index (χ4n) is 6.69. The zero-order valence-electron chi connectivity index (χ0n) is 26.1. The van der Waals surface area contributed by atoms with Gasteiger partial charge in [0, 0.05) is 52.5 Å². The Morgan fingerprint density at radius 2 is 1.90 bits per heavy atom. The smallest absolute Gasteiger partial charge is 0.371 e. The van der Waals surface area contributed by atoms with E-state index in [4.69, 9.17) is 5.10 Å². The molecule has 1 unspecified atom stereocenters. The number of H-pyrrole nitrogens is 1. The molecule has 0 saturated carbocycles. The zero-order valence-corrected chi connectivity index (χ0v) is 27.7. The van der Waals surface area contributed by atoms with Gasteiger partial charge in [-0.1, -0.05) is 59.6 Å². The summed E-state index contributed by atoms with van der Waals surface area (Å²) in [5.41, 5.74) is 3.61. The van der Waals surface area contributed by atoms with Crippen LogP contribution >= 0.6 is 15.9 Å². The van der Waals surface area contributed by atoms with Crippen LogP contribution in [0.2, 0.25) is 0 Å². The average Bonchev–Trinajstić information content (AvgIpc) is 3.68. The van der Waals surface area contributed by atoms with Crippen molar-refractivity contribution in [1.82, 2.24) is 29.3 Å². The number of nitrogens with zero attached hydrogens (tertiary/aromatic N) is 5. The van der Waals surface area contributed by atoms with Crippen molar-refractivity contribution in [1.29, 1.82) is 0 Å². The number of carbonyl (C=O) groups excluding carboxylic acids is 1. The highest BCUT2D eigenvalue weighted by atomic mass is 79.9. The van der Waals surface area contributed by atoms with Gasteiger partial charge in [-0.2, -0.15) is 23.4 Å². The third kappa shape index (κ3) is 5.45. The predicted molar refractivity (Wildman–Crippen MR) is 181 cm³/mol. The van der Waals surface area contributed by atoms with Gasteiger partial charge in [-0.3, -0.25) is 19.3 Å². The van der Waals surface area contributed by atoms with Crippen molar-refractivity contribution in [2.24, 2.45) is 0 Å². The van der Waals surface area contributed by atoms with Gasteiger partial charge in [0.25, 0.3) is 11.5 Å². The standard InChI is InChI=1S/C35H31BrF3N7O2/c1-3-7-23-16-26-30(19-44(23)33(47)21-10-13-28(36)27(15-21)35(37,38)39)46-32(22(18-41-46)14-20-8-5-4-6-9-20)45(34(26)48)24-11-12-25-29(17-24)42-43-31(25)40-2/h4-6,8-13,15,17-18,23H,3,7,14,16,19H2,1-2H3,(H2,40,42,43). The van der Waals surface area contributed by atoms with Gasteiger partial charge in [-0.15, -0.1) is 0 Å². The quantitative estimate of drug-likeness (QED) is 0.183. The van der Waals surface area contributed by atoms with E-state index in [1.54, 1.807) is 27.2 Å². The van der Waals surface area contributed by atoms with Gasteiger partial charge in [0.2, 0.25) is 0 Å². The highest BCUT2D eigenvalue weighted by molar-refractivity contribution is 9.10. The molecule has 6 aromatic rings. The summed E-state index contributed by atoms with van der Waals surface area (Å²) in [6.45, 7) is 1.99. The molecule has 9 nitrogen and oxygen atoms in total. The van der Waals surface area contributed by atoms with Crippen molar-refractivity contribution in [3.63, 3.8) is 0 Å². The SMILES string of the molecule is CCCC1Cc2c(n3ncc(Cc4ccccc4)c3n(-c3ccc4c(NC)n[nH]c4c3)c2=O)CN1C(=O)c1ccc(Br)c(C(F)(F)F)c1. The van der Waals surface area contributed by atoms with E-state index < -0.39 is 23.7 Å². The molecule has 3 aromatic heterocycles. The first-order valence-electron chi connectivity index (χ1n) is 15.6. The fraction of sp³-hybridized carbons (Fsp3) is 0.257. The molecular formula is C35H31BrF3N7O2. The molecule has 2 N–H and O–H groups in total. The molecule has 1 atom stereocenters. The van der Waals surface area contributed by atoms with Gasteiger partial charge >= 0.3 is 6.18 Å². The van der Waals surface area contributed by atoms with Crippen LogP contribution in [0, 0.1) is 0 Å². The van der Waals surface area contributed by atoms with E-state index in [1.807, 2.05) is 55.5 Å². The fourth-order valence-corrected chi connectivity index (χ4v) is 7.16. The molecule has 0 radical (unpaired) electrons. The van der Waals surface area contributed by atoms with E-state index in [2.05, 4.69) is 31.4 Å². The monoisotopic (exact) mass is 717 g/mol. The number of aromatic amines is 1. The number of carbonyl (C=O) groups is 1. The van der Waals surface area contributed by atoms with Crippen molar-refractivity contribution in [3.05, 3.63) is 121 Å². The normalized spacial score (nSPS) is 14.9. The number of aromatic nitrogens is 5. The minimum absolute atomic E-state index is 0.0143. The van der Waals surface area contributed by atoms with Crippen LogP contribution < -0.4 is 10.9 Å². The average molecular weight is 719 g/mol. The van der Waals surface area contributed by atoms with Crippen LogP contribution in [0.4, 0.5) is 19.0 Å². The number of hydrogen-bond donors (Lipinski definition) is 2. The van der Waals surface area contributed by atoms with E-state index in [-0.39, 0.29) is 28.6 Å². The number of halogens is 4.